The zero-order chi connectivity index (χ0) is 19.1. The molecular formula is C21H25N3O2S. The molecule has 0 fully saturated rings. The molecule has 1 aromatic heterocycles. The van der Waals surface area contributed by atoms with Crippen molar-refractivity contribution >= 4 is 20.8 Å². The Hall–Kier alpha value is -2.28. The topological polar surface area (TPSA) is 76.3 Å². The maximum Gasteiger partial charge on any atom is 0.243 e. The number of nitrogens with zero attached hydrogens (tertiary/aromatic N) is 2. The first kappa shape index (κ1) is 19.5. The molecule has 0 amide bonds. The highest BCUT2D eigenvalue weighted by Gasteiger charge is 2.25. The highest BCUT2D eigenvalue weighted by Crippen LogP contribution is 2.25. The van der Waals surface area contributed by atoms with Crippen molar-refractivity contribution in [1.29, 1.82) is 0 Å². The molecule has 0 spiro atoms. The van der Waals surface area contributed by atoms with Gasteiger partial charge in [0.05, 0.1) is 4.90 Å². The Morgan fingerprint density at radius 3 is 2.52 bits per heavy atom. The highest BCUT2D eigenvalue weighted by molar-refractivity contribution is 7.89. The number of pyridine rings is 1. The summed E-state index contributed by atoms with van der Waals surface area (Å²) in [6, 6.07) is 17.0. The molecule has 27 heavy (non-hydrogen) atoms. The van der Waals surface area contributed by atoms with E-state index in [0.29, 0.717) is 36.3 Å². The lowest BCUT2D eigenvalue weighted by atomic mass is 10.1. The molecule has 1 heterocycles. The Kier molecular flexibility index (Phi) is 6.55. The quantitative estimate of drug-likeness (QED) is 0.576. The molecule has 0 aliphatic rings. The second-order valence-corrected chi connectivity index (χ2v) is 8.39. The molecule has 0 radical (unpaired) electrons. The van der Waals surface area contributed by atoms with Gasteiger partial charge in [0, 0.05) is 36.3 Å². The third-order valence-corrected chi connectivity index (χ3v) is 6.57. The Bertz CT molecular complexity index is 970. The van der Waals surface area contributed by atoms with Crippen molar-refractivity contribution in [1.82, 2.24) is 9.29 Å². The summed E-state index contributed by atoms with van der Waals surface area (Å²) < 4.78 is 28.5. The monoisotopic (exact) mass is 383 g/mol. The predicted molar refractivity (Wildman–Crippen MR) is 109 cm³/mol. The van der Waals surface area contributed by atoms with E-state index in [4.69, 9.17) is 5.73 Å². The van der Waals surface area contributed by atoms with Gasteiger partial charge >= 0.3 is 0 Å². The maximum absolute atomic E-state index is 13.4. The summed E-state index contributed by atoms with van der Waals surface area (Å²) in [4.78, 5) is 4.43. The van der Waals surface area contributed by atoms with Crippen LogP contribution in [0.25, 0.3) is 10.8 Å². The van der Waals surface area contributed by atoms with E-state index >= 15 is 0 Å². The van der Waals surface area contributed by atoms with E-state index in [0.717, 1.165) is 23.8 Å². The van der Waals surface area contributed by atoms with E-state index in [1.165, 1.54) is 0 Å². The lowest BCUT2D eigenvalue weighted by molar-refractivity contribution is 0.404. The summed E-state index contributed by atoms with van der Waals surface area (Å²) in [5, 5.41) is 1.53. The molecular weight excluding hydrogens is 358 g/mol. The molecule has 0 aliphatic carbocycles. The molecule has 0 atom stereocenters. The first-order valence-corrected chi connectivity index (χ1v) is 10.6. The molecule has 2 aromatic carbocycles. The van der Waals surface area contributed by atoms with Crippen LogP contribution in [0.1, 0.15) is 18.4 Å². The SMILES string of the molecule is NCCCCN(CCc1ccccc1)S(=O)(=O)c1cccc2cnccc12. The van der Waals surface area contributed by atoms with Gasteiger partial charge in [-0.05, 0) is 43.5 Å². The Morgan fingerprint density at radius 2 is 1.74 bits per heavy atom. The van der Waals surface area contributed by atoms with Crippen molar-refractivity contribution in [3.63, 3.8) is 0 Å². The van der Waals surface area contributed by atoms with Crippen LogP contribution in [-0.4, -0.2) is 37.3 Å². The third-order valence-electron chi connectivity index (χ3n) is 4.61. The number of hydrogen-bond acceptors (Lipinski definition) is 4. The van der Waals surface area contributed by atoms with E-state index in [2.05, 4.69) is 4.98 Å². The van der Waals surface area contributed by atoms with Gasteiger partial charge in [0.1, 0.15) is 0 Å². The molecule has 5 nitrogen and oxygen atoms in total. The van der Waals surface area contributed by atoms with Crippen molar-refractivity contribution < 1.29 is 8.42 Å². The molecule has 2 N–H and O–H groups in total. The van der Waals surface area contributed by atoms with Gasteiger partial charge in [0.15, 0.2) is 0 Å². The van der Waals surface area contributed by atoms with E-state index < -0.39 is 10.0 Å². The molecule has 3 aromatic rings. The van der Waals surface area contributed by atoms with Gasteiger partial charge in [0.25, 0.3) is 0 Å². The van der Waals surface area contributed by atoms with Crippen LogP contribution in [0.5, 0.6) is 0 Å². The van der Waals surface area contributed by atoms with Gasteiger partial charge in [-0.1, -0.05) is 42.5 Å². The lowest BCUT2D eigenvalue weighted by Crippen LogP contribution is -2.34. The van der Waals surface area contributed by atoms with Gasteiger partial charge in [-0.2, -0.15) is 4.31 Å². The van der Waals surface area contributed by atoms with Gasteiger partial charge < -0.3 is 5.73 Å². The van der Waals surface area contributed by atoms with Crippen molar-refractivity contribution in [3.8, 4) is 0 Å². The lowest BCUT2D eigenvalue weighted by Gasteiger charge is -2.23. The number of fused-ring (bicyclic) bond motifs is 1. The summed E-state index contributed by atoms with van der Waals surface area (Å²) in [7, 11) is -3.61. The third kappa shape index (κ3) is 4.71. The summed E-state index contributed by atoms with van der Waals surface area (Å²) in [6.45, 7) is 1.47. The van der Waals surface area contributed by atoms with Crippen LogP contribution < -0.4 is 5.73 Å². The van der Waals surface area contributed by atoms with E-state index in [1.807, 2.05) is 36.4 Å². The predicted octanol–water partition coefficient (Wildman–Crippen LogP) is 3.21. The van der Waals surface area contributed by atoms with Crippen LogP contribution in [0.2, 0.25) is 0 Å². The van der Waals surface area contributed by atoms with Gasteiger partial charge in [-0.15, -0.1) is 0 Å². The molecule has 0 saturated carbocycles. The first-order chi connectivity index (χ1) is 13.1. The van der Waals surface area contributed by atoms with Gasteiger partial charge in [-0.3, -0.25) is 4.98 Å². The standard InChI is InChI=1S/C21H25N3O2S/c22-13-4-5-15-24(16-12-18-7-2-1-3-8-18)27(25,26)21-10-6-9-19-17-23-14-11-20(19)21/h1-3,6-11,14,17H,4-5,12-13,15-16,22H2. The Balaban J connectivity index is 1.90. The van der Waals surface area contributed by atoms with Crippen molar-refractivity contribution in [2.45, 2.75) is 24.2 Å². The van der Waals surface area contributed by atoms with Crippen LogP contribution >= 0.6 is 0 Å². The van der Waals surface area contributed by atoms with Gasteiger partial charge in [-0.25, -0.2) is 8.42 Å². The minimum atomic E-state index is -3.61. The van der Waals surface area contributed by atoms with Gasteiger partial charge in [0.2, 0.25) is 10.0 Å². The zero-order valence-electron chi connectivity index (χ0n) is 15.3. The molecule has 0 bridgehead atoms. The summed E-state index contributed by atoms with van der Waals surface area (Å²) >= 11 is 0. The second-order valence-electron chi connectivity index (χ2n) is 6.49. The summed E-state index contributed by atoms with van der Waals surface area (Å²) in [5.41, 5.74) is 6.72. The van der Waals surface area contributed by atoms with Crippen molar-refractivity contribution in [2.24, 2.45) is 5.73 Å². The first-order valence-electron chi connectivity index (χ1n) is 9.20. The van der Waals surface area contributed by atoms with Crippen LogP contribution in [-0.2, 0) is 16.4 Å². The normalized spacial score (nSPS) is 11.9. The van der Waals surface area contributed by atoms with Crippen LogP contribution in [0, 0.1) is 0 Å². The molecule has 0 saturated heterocycles. The van der Waals surface area contributed by atoms with E-state index in [-0.39, 0.29) is 0 Å². The fourth-order valence-corrected chi connectivity index (χ4v) is 4.83. The molecule has 6 heteroatoms. The summed E-state index contributed by atoms with van der Waals surface area (Å²) in [5.74, 6) is 0. The molecule has 0 unspecified atom stereocenters. The number of benzene rings is 2. The zero-order valence-corrected chi connectivity index (χ0v) is 16.1. The number of nitrogens with two attached hydrogens (primary N) is 1. The largest absolute Gasteiger partial charge is 0.330 e. The molecule has 3 rings (SSSR count). The van der Waals surface area contributed by atoms with Crippen molar-refractivity contribution in [2.75, 3.05) is 19.6 Å². The second kappa shape index (κ2) is 9.08. The average Bonchev–Trinajstić information content (AvgIpc) is 2.70. The minimum Gasteiger partial charge on any atom is -0.330 e. The number of aromatic nitrogens is 1. The average molecular weight is 384 g/mol. The van der Waals surface area contributed by atoms with E-state index in [1.54, 1.807) is 34.9 Å². The highest BCUT2D eigenvalue weighted by atomic mass is 32.2. The fourth-order valence-electron chi connectivity index (χ4n) is 3.14. The number of hydrogen-bond donors (Lipinski definition) is 1. The molecule has 142 valence electrons. The fraction of sp³-hybridized carbons (Fsp3) is 0.286. The number of sulfonamides is 1. The maximum atomic E-state index is 13.4. The molecule has 0 aliphatic heterocycles. The minimum absolute atomic E-state index is 0.336. The Labute approximate surface area is 160 Å². The summed E-state index contributed by atoms with van der Waals surface area (Å²) in [6.07, 6.45) is 5.55. The smallest absolute Gasteiger partial charge is 0.243 e. The van der Waals surface area contributed by atoms with Crippen LogP contribution in [0.3, 0.4) is 0 Å². The van der Waals surface area contributed by atoms with Crippen LogP contribution in [0.4, 0.5) is 0 Å². The van der Waals surface area contributed by atoms with Crippen LogP contribution in [0.15, 0.2) is 71.9 Å². The van der Waals surface area contributed by atoms with E-state index in [9.17, 15) is 8.42 Å². The number of rotatable bonds is 9. The van der Waals surface area contributed by atoms with Crippen molar-refractivity contribution in [3.05, 3.63) is 72.6 Å². The Morgan fingerprint density at radius 1 is 0.926 bits per heavy atom. The number of unbranched alkanes of at least 4 members (excludes halogenated alkanes) is 1.